The third-order valence-electron chi connectivity index (χ3n) is 4.49. The first-order valence-corrected chi connectivity index (χ1v) is 8.46. The highest BCUT2D eigenvalue weighted by Crippen LogP contribution is 2.26. The van der Waals surface area contributed by atoms with Crippen molar-refractivity contribution < 1.29 is 14.7 Å². The maximum absolute atomic E-state index is 11.9. The van der Waals surface area contributed by atoms with Crippen LogP contribution in [0.5, 0.6) is 0 Å². The molecule has 0 heterocycles. The molecule has 0 bridgehead atoms. The Bertz CT molecular complexity index is 522. The molecule has 0 unspecified atom stereocenters. The average molecular weight is 318 g/mol. The maximum Gasteiger partial charge on any atom is 0.313 e. The van der Waals surface area contributed by atoms with Crippen molar-refractivity contribution in [1.82, 2.24) is 5.32 Å². The summed E-state index contributed by atoms with van der Waals surface area (Å²) >= 11 is 0. The number of carbonyl (C=O) groups is 2. The summed E-state index contributed by atoms with van der Waals surface area (Å²) in [6, 6.07) is 7.39. The van der Waals surface area contributed by atoms with Gasteiger partial charge in [-0.05, 0) is 42.9 Å². The van der Waals surface area contributed by atoms with Gasteiger partial charge in [-0.25, -0.2) is 0 Å². The summed E-state index contributed by atoms with van der Waals surface area (Å²) in [5.74, 6) is -1.18. The highest BCUT2D eigenvalue weighted by Gasteiger charge is 2.23. The van der Waals surface area contributed by atoms with Crippen LogP contribution in [0, 0.1) is 5.92 Å². The molecule has 0 aromatic heterocycles. The quantitative estimate of drug-likeness (QED) is 0.729. The first kappa shape index (κ1) is 17.5. The lowest BCUT2D eigenvalue weighted by Crippen LogP contribution is -2.42. The normalized spacial score (nSPS) is 16.6. The zero-order chi connectivity index (χ0) is 16.7. The monoisotopic (exact) mass is 318 g/mol. The van der Waals surface area contributed by atoms with Gasteiger partial charge in [-0.1, -0.05) is 38.3 Å². The van der Waals surface area contributed by atoms with Crippen molar-refractivity contribution in [2.75, 3.05) is 11.9 Å². The van der Waals surface area contributed by atoms with Gasteiger partial charge in [-0.3, -0.25) is 9.59 Å². The van der Waals surface area contributed by atoms with Gasteiger partial charge in [-0.2, -0.15) is 0 Å². The average Bonchev–Trinajstić information content (AvgIpc) is 2.60. The molecule has 1 aliphatic rings. The van der Waals surface area contributed by atoms with E-state index in [1.165, 1.54) is 12.0 Å². The van der Waals surface area contributed by atoms with Crippen LogP contribution in [0.15, 0.2) is 24.3 Å². The van der Waals surface area contributed by atoms with Gasteiger partial charge in [0.2, 0.25) is 0 Å². The zero-order valence-electron chi connectivity index (χ0n) is 13.7. The van der Waals surface area contributed by atoms with E-state index in [-0.39, 0.29) is 12.5 Å². The number of nitrogens with one attached hydrogen (secondary N) is 2. The molecule has 0 radical (unpaired) electrons. The summed E-state index contributed by atoms with van der Waals surface area (Å²) in [5.41, 5.74) is 1.76. The summed E-state index contributed by atoms with van der Waals surface area (Å²) in [6.07, 6.45) is 5.81. The van der Waals surface area contributed by atoms with Crippen molar-refractivity contribution in [1.29, 1.82) is 0 Å². The van der Waals surface area contributed by atoms with E-state index in [4.69, 9.17) is 0 Å². The molecule has 1 saturated carbocycles. The van der Waals surface area contributed by atoms with Crippen LogP contribution in [0.4, 0.5) is 5.69 Å². The molecular weight excluding hydrogens is 292 g/mol. The largest absolute Gasteiger partial charge is 0.391 e. The van der Waals surface area contributed by atoms with Crippen LogP contribution in [0.1, 0.15) is 44.6 Å². The summed E-state index contributed by atoms with van der Waals surface area (Å²) in [6.45, 7) is 2.18. The number of hydrogen-bond donors (Lipinski definition) is 3. The maximum atomic E-state index is 11.9. The molecule has 2 amide bonds. The molecule has 1 aliphatic carbocycles. The van der Waals surface area contributed by atoms with Crippen LogP contribution in [0.2, 0.25) is 0 Å². The smallest absolute Gasteiger partial charge is 0.313 e. The fourth-order valence-corrected chi connectivity index (χ4v) is 2.97. The Morgan fingerprint density at radius 3 is 2.39 bits per heavy atom. The minimum Gasteiger partial charge on any atom is -0.391 e. The number of hydrogen-bond acceptors (Lipinski definition) is 3. The predicted molar refractivity (Wildman–Crippen MR) is 90.0 cm³/mol. The Labute approximate surface area is 137 Å². The van der Waals surface area contributed by atoms with E-state index in [9.17, 15) is 14.7 Å². The number of carbonyl (C=O) groups excluding carboxylic acids is 2. The van der Waals surface area contributed by atoms with Gasteiger partial charge in [0.1, 0.15) is 0 Å². The molecule has 3 N–H and O–H groups in total. The Hall–Kier alpha value is -1.88. The predicted octanol–water partition coefficient (Wildman–Crippen LogP) is 2.24. The lowest BCUT2D eigenvalue weighted by molar-refractivity contribution is -0.136. The van der Waals surface area contributed by atoms with Crippen molar-refractivity contribution in [3.63, 3.8) is 0 Å². The number of rotatable bonds is 5. The van der Waals surface area contributed by atoms with Crippen LogP contribution in [-0.4, -0.2) is 29.6 Å². The van der Waals surface area contributed by atoms with E-state index < -0.39 is 17.9 Å². The molecule has 1 aromatic rings. The molecule has 5 heteroatoms. The fraction of sp³-hybridized carbons (Fsp3) is 0.556. The lowest BCUT2D eigenvalue weighted by atomic mass is 9.85. The molecule has 5 nitrogen and oxygen atoms in total. The van der Waals surface area contributed by atoms with Crippen molar-refractivity contribution >= 4 is 17.5 Å². The van der Waals surface area contributed by atoms with E-state index in [1.807, 2.05) is 12.1 Å². The second kappa shape index (κ2) is 8.67. The van der Waals surface area contributed by atoms with E-state index in [2.05, 4.69) is 17.6 Å². The second-order valence-electron chi connectivity index (χ2n) is 6.18. The van der Waals surface area contributed by atoms with Crippen LogP contribution in [0.3, 0.4) is 0 Å². The van der Waals surface area contributed by atoms with Crippen LogP contribution >= 0.6 is 0 Å². The van der Waals surface area contributed by atoms with Gasteiger partial charge in [0.25, 0.3) is 0 Å². The van der Waals surface area contributed by atoms with Gasteiger partial charge < -0.3 is 15.7 Å². The summed E-state index contributed by atoms with van der Waals surface area (Å²) < 4.78 is 0. The number of aliphatic hydroxyl groups excluding tert-OH is 1. The highest BCUT2D eigenvalue weighted by atomic mass is 16.3. The highest BCUT2D eigenvalue weighted by molar-refractivity contribution is 6.39. The first-order chi connectivity index (χ1) is 11.1. The lowest BCUT2D eigenvalue weighted by Gasteiger charge is -2.26. The van der Waals surface area contributed by atoms with Crippen LogP contribution < -0.4 is 10.6 Å². The molecule has 126 valence electrons. The molecule has 1 fully saturated rings. The Morgan fingerprint density at radius 2 is 1.78 bits per heavy atom. The number of benzene rings is 1. The van der Waals surface area contributed by atoms with Gasteiger partial charge in [0, 0.05) is 12.2 Å². The summed E-state index contributed by atoms with van der Waals surface area (Å²) in [5, 5.41) is 15.2. The zero-order valence-corrected chi connectivity index (χ0v) is 13.7. The minimum atomic E-state index is -0.709. The van der Waals surface area contributed by atoms with E-state index in [0.717, 1.165) is 32.1 Å². The fourth-order valence-electron chi connectivity index (χ4n) is 2.97. The number of amides is 2. The molecule has 23 heavy (non-hydrogen) atoms. The van der Waals surface area contributed by atoms with Crippen LogP contribution in [0.25, 0.3) is 0 Å². The van der Waals surface area contributed by atoms with Gasteiger partial charge in [-0.15, -0.1) is 0 Å². The molecular formula is C18H26N2O3. The second-order valence-corrected chi connectivity index (χ2v) is 6.18. The Balaban J connectivity index is 1.76. The number of aryl methyl sites for hydroxylation is 1. The third kappa shape index (κ3) is 5.36. The van der Waals surface area contributed by atoms with Crippen LogP contribution in [-0.2, 0) is 16.0 Å². The molecule has 0 aliphatic heterocycles. The molecule has 1 aromatic carbocycles. The van der Waals surface area contributed by atoms with E-state index in [1.54, 1.807) is 12.1 Å². The molecule has 0 saturated heterocycles. The van der Waals surface area contributed by atoms with Gasteiger partial charge >= 0.3 is 11.8 Å². The molecule has 1 atom stereocenters. The number of aliphatic hydroxyl groups is 1. The Kier molecular flexibility index (Phi) is 6.59. The molecule has 0 spiro atoms. The third-order valence-corrected chi connectivity index (χ3v) is 4.49. The Morgan fingerprint density at radius 1 is 1.13 bits per heavy atom. The topological polar surface area (TPSA) is 78.4 Å². The SMILES string of the molecule is CCc1ccc(NC(=O)C(=O)NC[C@H](O)C2CCCCC2)cc1. The van der Waals surface area contributed by atoms with Gasteiger partial charge in [0.15, 0.2) is 0 Å². The van der Waals surface area contributed by atoms with E-state index >= 15 is 0 Å². The summed E-state index contributed by atoms with van der Waals surface area (Å²) in [4.78, 5) is 23.7. The van der Waals surface area contributed by atoms with Crippen molar-refractivity contribution in [3.05, 3.63) is 29.8 Å². The standard InChI is InChI=1S/C18H26N2O3/c1-2-13-8-10-15(11-9-13)20-18(23)17(22)19-12-16(21)14-6-4-3-5-7-14/h8-11,14,16,21H,2-7,12H2,1H3,(H,19,22)(H,20,23)/t16-/m0/s1. The van der Waals surface area contributed by atoms with Crippen molar-refractivity contribution in [2.24, 2.45) is 5.92 Å². The number of anilines is 1. The minimum absolute atomic E-state index is 0.131. The van der Waals surface area contributed by atoms with Gasteiger partial charge in [0.05, 0.1) is 6.10 Å². The summed E-state index contributed by atoms with van der Waals surface area (Å²) in [7, 11) is 0. The van der Waals surface area contributed by atoms with Crippen molar-refractivity contribution in [2.45, 2.75) is 51.6 Å². The van der Waals surface area contributed by atoms with Crippen molar-refractivity contribution in [3.8, 4) is 0 Å². The molecule has 2 rings (SSSR count). The first-order valence-electron chi connectivity index (χ1n) is 8.46. The van der Waals surface area contributed by atoms with E-state index in [0.29, 0.717) is 5.69 Å².